The summed E-state index contributed by atoms with van der Waals surface area (Å²) >= 11 is 6.54. The van der Waals surface area contributed by atoms with Gasteiger partial charge in [0.25, 0.3) is 11.5 Å². The average molecular weight is 847 g/mol. The summed E-state index contributed by atoms with van der Waals surface area (Å²) < 4.78 is 1.44. The third kappa shape index (κ3) is 10.6. The van der Waals surface area contributed by atoms with Crippen LogP contribution in [-0.4, -0.2) is 117 Å². The molecule has 3 N–H and O–H groups in total. The number of aromatic nitrogens is 3. The van der Waals surface area contributed by atoms with Crippen LogP contribution >= 0.6 is 11.6 Å². The Balaban J connectivity index is 0.843. The molecule has 1 aliphatic carbocycles. The van der Waals surface area contributed by atoms with Gasteiger partial charge in [-0.1, -0.05) is 48.0 Å². The molecule has 0 bridgehead atoms. The Kier molecular flexibility index (Phi) is 13.1. The molecule has 1 unspecified atom stereocenters. The van der Waals surface area contributed by atoms with Crippen molar-refractivity contribution in [2.45, 2.75) is 69.4 Å². The molecule has 3 amide bonds. The second-order valence-corrected chi connectivity index (χ2v) is 17.6. The van der Waals surface area contributed by atoms with Crippen molar-refractivity contribution in [1.29, 1.82) is 0 Å². The number of halogens is 1. The number of likely N-dealkylation sites (tertiary alicyclic amines) is 1. The summed E-state index contributed by atoms with van der Waals surface area (Å²) in [5.41, 5.74) is 2.85. The first-order chi connectivity index (χ1) is 29.5. The number of piperidine rings is 1. The first-order valence-corrected chi connectivity index (χ1v) is 22.0. The Hall–Kier alpha value is -5.21. The zero-order chi connectivity index (χ0) is 42.5. The minimum absolute atomic E-state index is 0.0212. The van der Waals surface area contributed by atoms with Crippen molar-refractivity contribution in [2.75, 3.05) is 64.7 Å². The first kappa shape index (κ1) is 42.5. The van der Waals surface area contributed by atoms with E-state index in [9.17, 15) is 24.3 Å². The third-order valence-electron chi connectivity index (χ3n) is 12.6. The molecular formula is C47H55ClN8O5. The molecule has 2 aromatic heterocycles. The number of nitrogens with one attached hydrogen (secondary N) is 2. The third-order valence-corrected chi connectivity index (χ3v) is 12.9. The predicted octanol–water partition coefficient (Wildman–Crippen LogP) is 5.47. The van der Waals surface area contributed by atoms with E-state index in [4.69, 9.17) is 16.6 Å². The molecular weight excluding hydrogens is 792 g/mol. The van der Waals surface area contributed by atoms with Crippen molar-refractivity contribution in [2.24, 2.45) is 5.92 Å². The van der Waals surface area contributed by atoms with Gasteiger partial charge in [-0.15, -0.1) is 0 Å². The van der Waals surface area contributed by atoms with Crippen molar-refractivity contribution in [3.63, 3.8) is 0 Å². The lowest BCUT2D eigenvalue weighted by molar-refractivity contribution is -0.140. The lowest BCUT2D eigenvalue weighted by Crippen LogP contribution is -2.51. The van der Waals surface area contributed by atoms with Crippen molar-refractivity contribution >= 4 is 56.8 Å². The van der Waals surface area contributed by atoms with Gasteiger partial charge in [0.15, 0.2) is 0 Å². The Bertz CT molecular complexity index is 2440. The molecule has 4 heterocycles. The maximum Gasteiger partial charge on any atom is 0.261 e. The summed E-state index contributed by atoms with van der Waals surface area (Å²) in [5, 5.41) is 19.5. The van der Waals surface area contributed by atoms with Gasteiger partial charge in [-0.3, -0.25) is 28.7 Å². The van der Waals surface area contributed by atoms with Gasteiger partial charge in [0.1, 0.15) is 0 Å². The van der Waals surface area contributed by atoms with E-state index < -0.39 is 5.60 Å². The zero-order valence-electron chi connectivity index (χ0n) is 34.8. The Morgan fingerprint density at radius 3 is 2.43 bits per heavy atom. The molecule has 61 heavy (non-hydrogen) atoms. The standard InChI is InChI=1S/C47H55ClN8O5/c1-53-22-24-54(25-23-53)19-15-43(57)51-36-12-14-38-41(28-36)50-31-56(46(38)60)30-47(61)16-20-55(21-17-47)45(59)35(26-32-6-3-2-4-7-32)8-5-18-49-44(58)34-11-13-37-39(48)29-40(33-9-10-33)52-42(37)27-34/h2-4,6-7,11-14,27-29,31,33,35,61H,5,8-10,15-26,30H2,1H3,(H,49,58)(H,51,57). The van der Waals surface area contributed by atoms with Crippen LogP contribution in [-0.2, 0) is 22.6 Å². The van der Waals surface area contributed by atoms with Gasteiger partial charge in [0.2, 0.25) is 11.8 Å². The van der Waals surface area contributed by atoms with Crippen molar-refractivity contribution in [3.05, 3.63) is 111 Å². The van der Waals surface area contributed by atoms with Gasteiger partial charge in [-0.05, 0) is 94.0 Å². The molecule has 2 saturated heterocycles. The number of carbonyl (C=O) groups excluding carboxylic acids is 3. The van der Waals surface area contributed by atoms with Gasteiger partial charge < -0.3 is 30.4 Å². The second-order valence-electron chi connectivity index (χ2n) is 17.2. The van der Waals surface area contributed by atoms with Crippen LogP contribution < -0.4 is 16.2 Å². The smallest absolute Gasteiger partial charge is 0.261 e. The number of carbonyl (C=O) groups is 3. The van der Waals surface area contributed by atoms with Crippen molar-refractivity contribution in [1.82, 2.24) is 34.6 Å². The SMILES string of the molecule is CN1CCN(CCC(=O)Nc2ccc3c(=O)n(CC4(O)CCN(C(=O)C(CCCNC(=O)c5ccc6c(Cl)cc(C7CC7)nc6c5)Cc5ccccc5)CC4)cnc3c2)CC1. The quantitative estimate of drug-likeness (QED) is 0.117. The van der Waals surface area contributed by atoms with E-state index in [1.165, 1.54) is 10.9 Å². The number of hydrogen-bond acceptors (Lipinski definition) is 9. The van der Waals surface area contributed by atoms with Crippen LogP contribution in [0.4, 0.5) is 5.69 Å². The highest BCUT2D eigenvalue weighted by molar-refractivity contribution is 6.35. The predicted molar refractivity (Wildman–Crippen MR) is 238 cm³/mol. The fourth-order valence-electron chi connectivity index (χ4n) is 8.58. The van der Waals surface area contributed by atoms with Gasteiger partial charge in [-0.2, -0.15) is 0 Å². The number of anilines is 1. The highest BCUT2D eigenvalue weighted by Crippen LogP contribution is 2.41. The number of likely N-dealkylation sites (N-methyl/N-ethyl adjacent to an activating group) is 1. The van der Waals surface area contributed by atoms with E-state index in [1.807, 2.05) is 47.4 Å². The van der Waals surface area contributed by atoms with Crippen LogP contribution in [0.1, 0.15) is 72.5 Å². The Morgan fingerprint density at radius 1 is 0.918 bits per heavy atom. The van der Waals surface area contributed by atoms with Gasteiger partial charge in [0.05, 0.1) is 39.9 Å². The van der Waals surface area contributed by atoms with Crippen LogP contribution in [0.5, 0.6) is 0 Å². The van der Waals surface area contributed by atoms with Crippen LogP contribution in [0.2, 0.25) is 5.02 Å². The molecule has 0 spiro atoms. The highest BCUT2D eigenvalue weighted by Gasteiger charge is 2.36. The second kappa shape index (κ2) is 18.8. The fourth-order valence-corrected chi connectivity index (χ4v) is 8.85. The maximum absolute atomic E-state index is 14.1. The number of pyridine rings is 1. The van der Waals surface area contributed by atoms with Crippen LogP contribution in [0.15, 0.2) is 83.9 Å². The molecule has 2 aliphatic heterocycles. The van der Waals surface area contributed by atoms with Gasteiger partial charge in [-0.25, -0.2) is 4.98 Å². The highest BCUT2D eigenvalue weighted by atomic mass is 35.5. The molecule has 3 fully saturated rings. The lowest BCUT2D eigenvalue weighted by Gasteiger charge is -2.39. The molecule has 1 saturated carbocycles. The summed E-state index contributed by atoms with van der Waals surface area (Å²) in [5.74, 6) is -0.121. The van der Waals surface area contributed by atoms with Crippen LogP contribution in [0.3, 0.4) is 0 Å². The number of amides is 3. The van der Waals surface area contributed by atoms with E-state index in [0.29, 0.717) is 103 Å². The molecule has 14 heteroatoms. The largest absolute Gasteiger partial charge is 0.388 e. The number of fused-ring (bicyclic) bond motifs is 2. The minimum atomic E-state index is -1.20. The topological polar surface area (TPSA) is 153 Å². The molecule has 1 atom stereocenters. The molecule has 5 aromatic rings. The van der Waals surface area contributed by atoms with E-state index in [-0.39, 0.29) is 35.7 Å². The van der Waals surface area contributed by atoms with E-state index in [1.54, 1.807) is 30.3 Å². The maximum atomic E-state index is 14.1. The van der Waals surface area contributed by atoms with Crippen LogP contribution in [0, 0.1) is 5.92 Å². The van der Waals surface area contributed by atoms with Gasteiger partial charge in [0, 0.05) is 92.9 Å². The number of nitrogens with zero attached hydrogens (tertiary/aromatic N) is 6. The van der Waals surface area contributed by atoms with E-state index >= 15 is 0 Å². The summed E-state index contributed by atoms with van der Waals surface area (Å²) in [6.45, 7) is 5.76. The molecule has 320 valence electrons. The molecule has 13 nitrogen and oxygen atoms in total. The number of rotatable bonds is 15. The molecule has 8 rings (SSSR count). The minimum Gasteiger partial charge on any atom is -0.388 e. The monoisotopic (exact) mass is 846 g/mol. The Morgan fingerprint density at radius 2 is 1.67 bits per heavy atom. The summed E-state index contributed by atoms with van der Waals surface area (Å²) in [6.07, 6.45) is 6.43. The average Bonchev–Trinajstić information content (AvgIpc) is 4.12. The van der Waals surface area contributed by atoms with Crippen molar-refractivity contribution < 1.29 is 19.5 Å². The Labute approximate surface area is 361 Å². The number of benzene rings is 3. The number of hydrogen-bond donors (Lipinski definition) is 3. The summed E-state index contributed by atoms with van der Waals surface area (Å²) in [4.78, 5) is 69.3. The summed E-state index contributed by atoms with van der Waals surface area (Å²) in [7, 11) is 2.10. The zero-order valence-corrected chi connectivity index (χ0v) is 35.6. The normalized spacial score (nSPS) is 17.7. The van der Waals surface area contributed by atoms with E-state index in [2.05, 4.69) is 32.5 Å². The number of aliphatic hydroxyl groups is 1. The van der Waals surface area contributed by atoms with Crippen LogP contribution in [0.25, 0.3) is 21.8 Å². The van der Waals surface area contributed by atoms with E-state index in [0.717, 1.165) is 55.7 Å². The first-order valence-electron chi connectivity index (χ1n) is 21.6. The van der Waals surface area contributed by atoms with Gasteiger partial charge >= 0.3 is 0 Å². The number of piperazine rings is 1. The summed E-state index contributed by atoms with van der Waals surface area (Å²) in [6, 6.07) is 22.4. The van der Waals surface area contributed by atoms with Crippen molar-refractivity contribution in [3.8, 4) is 0 Å². The lowest BCUT2D eigenvalue weighted by atomic mass is 9.88. The molecule has 0 radical (unpaired) electrons. The molecule has 3 aromatic carbocycles. The molecule has 3 aliphatic rings. The fraction of sp³-hybridized carbons (Fsp3) is 0.447.